The van der Waals surface area contributed by atoms with Crippen LogP contribution in [0.25, 0.3) is 130 Å². The minimum Gasteiger partial charge on any atom is -0.456 e. The number of furan rings is 1. The molecule has 14 aromatic rings. The van der Waals surface area contributed by atoms with Gasteiger partial charge in [-0.3, -0.25) is 0 Å². The zero-order valence-electron chi connectivity index (χ0n) is 34.5. The first-order chi connectivity index (χ1) is 31.7. The summed E-state index contributed by atoms with van der Waals surface area (Å²) in [5.74, 6) is 0. The Labute approximate surface area is 371 Å². The van der Waals surface area contributed by atoms with E-state index in [-0.39, 0.29) is 0 Å². The van der Waals surface area contributed by atoms with Gasteiger partial charge in [-0.05, 0) is 130 Å². The van der Waals surface area contributed by atoms with Crippen LogP contribution in [0.1, 0.15) is 0 Å². The van der Waals surface area contributed by atoms with Crippen molar-refractivity contribution in [3.8, 4) is 44.8 Å². The summed E-state index contributed by atoms with van der Waals surface area (Å²) < 4.78 is 13.6. The largest absolute Gasteiger partial charge is 0.456 e. The Bertz CT molecular complexity index is 3910. The lowest BCUT2D eigenvalue weighted by atomic mass is 10.0. The van der Waals surface area contributed by atoms with Crippen molar-refractivity contribution in [1.29, 1.82) is 0 Å². The van der Waals surface area contributed by atoms with Gasteiger partial charge in [0.15, 0.2) is 0 Å². The Morgan fingerprint density at radius 2 is 0.672 bits per heavy atom. The predicted octanol–water partition coefficient (Wildman–Crippen LogP) is 17.1. The molecule has 4 aromatic heterocycles. The van der Waals surface area contributed by atoms with Crippen LogP contribution >= 0.6 is 11.3 Å². The van der Waals surface area contributed by atoms with Crippen molar-refractivity contribution in [2.75, 3.05) is 0 Å². The molecular formula is C60H36N2OS. The summed E-state index contributed by atoms with van der Waals surface area (Å²) in [5.41, 5.74) is 16.1. The van der Waals surface area contributed by atoms with Crippen LogP contribution in [0.15, 0.2) is 223 Å². The Balaban J connectivity index is 0.798. The smallest absolute Gasteiger partial charge is 0.135 e. The first kappa shape index (κ1) is 35.4. The summed E-state index contributed by atoms with van der Waals surface area (Å²) in [4.78, 5) is 0. The summed E-state index contributed by atoms with van der Waals surface area (Å²) in [5, 5.41) is 9.93. The number of thiophene rings is 1. The van der Waals surface area contributed by atoms with Crippen molar-refractivity contribution in [2.45, 2.75) is 0 Å². The van der Waals surface area contributed by atoms with Crippen LogP contribution in [-0.2, 0) is 0 Å². The summed E-state index contributed by atoms with van der Waals surface area (Å²) in [7, 11) is 0. The summed E-state index contributed by atoms with van der Waals surface area (Å²) >= 11 is 1.86. The summed E-state index contributed by atoms with van der Waals surface area (Å²) in [6.45, 7) is 0. The average molecular weight is 833 g/mol. The SMILES string of the molecule is c1ccc2c(c1)oc1ccc(-c3ccc4c(c3)c3ccccc3n4-c3ccc(-c4ccc(-n5c6ccccc6c6cc(-c7ccc8sc9ccccc9c8c7)ccc65)cc4)cc3)cc12. The van der Waals surface area contributed by atoms with Gasteiger partial charge in [0.2, 0.25) is 0 Å². The molecule has 0 saturated heterocycles. The quantitative estimate of drug-likeness (QED) is 0.169. The second-order valence-electron chi connectivity index (χ2n) is 16.9. The fraction of sp³-hybridized carbons (Fsp3) is 0. The van der Waals surface area contributed by atoms with Crippen LogP contribution < -0.4 is 0 Å². The van der Waals surface area contributed by atoms with Crippen molar-refractivity contribution in [2.24, 2.45) is 0 Å². The highest BCUT2D eigenvalue weighted by atomic mass is 32.1. The van der Waals surface area contributed by atoms with Crippen LogP contribution in [0.3, 0.4) is 0 Å². The second kappa shape index (κ2) is 13.7. The number of aromatic nitrogens is 2. The molecule has 0 aliphatic rings. The molecule has 0 radical (unpaired) electrons. The van der Waals surface area contributed by atoms with Crippen molar-refractivity contribution >= 4 is 97.1 Å². The highest BCUT2D eigenvalue weighted by molar-refractivity contribution is 7.25. The Morgan fingerprint density at radius 1 is 0.266 bits per heavy atom. The molecule has 64 heavy (non-hydrogen) atoms. The highest BCUT2D eigenvalue weighted by Crippen LogP contribution is 2.41. The third-order valence-corrected chi connectivity index (χ3v) is 14.5. The molecule has 10 aromatic carbocycles. The third-order valence-electron chi connectivity index (χ3n) is 13.3. The molecule has 0 unspecified atom stereocenters. The molecule has 0 N–H and O–H groups in total. The molecule has 0 bridgehead atoms. The molecule has 0 saturated carbocycles. The van der Waals surface area contributed by atoms with E-state index in [0.29, 0.717) is 0 Å². The van der Waals surface area contributed by atoms with Crippen molar-refractivity contribution in [3.05, 3.63) is 218 Å². The Morgan fingerprint density at radius 3 is 1.28 bits per heavy atom. The first-order valence-corrected chi connectivity index (χ1v) is 22.6. The molecule has 0 fully saturated rings. The zero-order chi connectivity index (χ0) is 41.9. The van der Waals surface area contributed by atoms with Crippen LogP contribution in [0.2, 0.25) is 0 Å². The van der Waals surface area contributed by atoms with E-state index in [2.05, 4.69) is 215 Å². The maximum absolute atomic E-state index is 6.13. The fourth-order valence-corrected chi connectivity index (χ4v) is 11.4. The van der Waals surface area contributed by atoms with E-state index in [1.54, 1.807) is 0 Å². The zero-order valence-corrected chi connectivity index (χ0v) is 35.3. The maximum Gasteiger partial charge on any atom is 0.135 e. The normalized spacial score (nSPS) is 12.1. The van der Waals surface area contributed by atoms with Gasteiger partial charge in [-0.2, -0.15) is 0 Å². The topological polar surface area (TPSA) is 23.0 Å². The van der Waals surface area contributed by atoms with Crippen LogP contribution in [0, 0.1) is 0 Å². The van der Waals surface area contributed by atoms with Gasteiger partial charge in [-0.25, -0.2) is 0 Å². The lowest BCUT2D eigenvalue weighted by Gasteiger charge is -2.11. The Hall–Kier alpha value is -8.18. The van der Waals surface area contributed by atoms with Crippen molar-refractivity contribution in [3.63, 3.8) is 0 Å². The average Bonchev–Trinajstić information content (AvgIpc) is 4.11. The molecule has 4 heteroatoms. The van der Waals surface area contributed by atoms with Gasteiger partial charge in [0.05, 0.1) is 22.1 Å². The molecule has 0 atom stereocenters. The van der Waals surface area contributed by atoms with Crippen molar-refractivity contribution in [1.82, 2.24) is 9.13 Å². The van der Waals surface area contributed by atoms with E-state index < -0.39 is 0 Å². The molecule has 0 spiro atoms. The maximum atomic E-state index is 6.13. The Kier molecular flexibility index (Phi) is 7.56. The molecule has 14 rings (SSSR count). The predicted molar refractivity (Wildman–Crippen MR) is 272 cm³/mol. The summed E-state index contributed by atoms with van der Waals surface area (Å²) in [6, 6.07) is 79.8. The van der Waals surface area contributed by atoms with Crippen LogP contribution in [0.5, 0.6) is 0 Å². The molecule has 298 valence electrons. The highest BCUT2D eigenvalue weighted by Gasteiger charge is 2.17. The lowest BCUT2D eigenvalue weighted by Crippen LogP contribution is -1.95. The van der Waals surface area contributed by atoms with Gasteiger partial charge in [0, 0.05) is 63.9 Å². The van der Waals surface area contributed by atoms with Crippen LogP contribution in [-0.4, -0.2) is 9.13 Å². The first-order valence-electron chi connectivity index (χ1n) is 21.8. The minimum absolute atomic E-state index is 0.914. The molecule has 4 heterocycles. The van der Waals surface area contributed by atoms with E-state index in [9.17, 15) is 0 Å². The number of hydrogen-bond donors (Lipinski definition) is 0. The second-order valence-corrected chi connectivity index (χ2v) is 18.0. The molecule has 0 aliphatic carbocycles. The number of rotatable bonds is 5. The lowest BCUT2D eigenvalue weighted by molar-refractivity contribution is 0.669. The molecule has 3 nitrogen and oxygen atoms in total. The van der Waals surface area contributed by atoms with Crippen LogP contribution in [0.4, 0.5) is 0 Å². The van der Waals surface area contributed by atoms with Gasteiger partial charge < -0.3 is 13.6 Å². The van der Waals surface area contributed by atoms with Gasteiger partial charge in [0.1, 0.15) is 11.2 Å². The van der Waals surface area contributed by atoms with Gasteiger partial charge in [-0.15, -0.1) is 11.3 Å². The third kappa shape index (κ3) is 5.33. The number of hydrogen-bond acceptors (Lipinski definition) is 2. The molecular weight excluding hydrogens is 797 g/mol. The monoisotopic (exact) mass is 832 g/mol. The summed E-state index contributed by atoms with van der Waals surface area (Å²) in [6.07, 6.45) is 0. The fourth-order valence-electron chi connectivity index (χ4n) is 10.3. The number of para-hydroxylation sites is 3. The minimum atomic E-state index is 0.914. The number of fused-ring (bicyclic) bond motifs is 12. The van der Waals surface area contributed by atoms with Gasteiger partial charge in [0.25, 0.3) is 0 Å². The van der Waals surface area contributed by atoms with Gasteiger partial charge >= 0.3 is 0 Å². The van der Waals surface area contributed by atoms with E-state index >= 15 is 0 Å². The standard InChI is InChI=1S/C60H36N2OS/c1-5-13-53-45(9-1)49-33-39(41-23-31-58-51(35-41)47-11-3-7-15-57(47)63-58)21-29-55(49)61(53)43-25-17-37(18-26-43)38-19-27-44(28-20-38)62-54-14-6-2-10-46(54)50-34-40(22-30-56(50)62)42-24-32-60-52(36-42)48-12-4-8-16-59(48)64-60/h1-36H. The molecule has 0 amide bonds. The van der Waals surface area contributed by atoms with Crippen molar-refractivity contribution < 1.29 is 4.42 Å². The van der Waals surface area contributed by atoms with E-state index in [1.807, 2.05) is 23.5 Å². The number of nitrogens with zero attached hydrogens (tertiary/aromatic N) is 2. The van der Waals surface area contributed by atoms with E-state index in [1.165, 1.54) is 97.2 Å². The van der Waals surface area contributed by atoms with E-state index in [0.717, 1.165) is 33.3 Å². The van der Waals surface area contributed by atoms with E-state index in [4.69, 9.17) is 4.42 Å². The number of benzene rings is 10. The van der Waals surface area contributed by atoms with Gasteiger partial charge in [-0.1, -0.05) is 121 Å². The molecule has 0 aliphatic heterocycles.